The van der Waals surface area contributed by atoms with Crippen molar-refractivity contribution in [2.24, 2.45) is 11.8 Å². The molecule has 0 radical (unpaired) electrons. The van der Waals surface area contributed by atoms with E-state index in [0.29, 0.717) is 11.4 Å². The van der Waals surface area contributed by atoms with E-state index >= 15 is 0 Å². The van der Waals surface area contributed by atoms with Crippen molar-refractivity contribution in [1.29, 1.82) is 0 Å². The molecule has 4 aliphatic rings. The first-order valence-electron chi connectivity index (χ1n) is 11.2. The molecule has 1 N–H and O–H groups in total. The topological polar surface area (TPSA) is 75.7 Å². The highest BCUT2D eigenvalue weighted by molar-refractivity contribution is 6.36. The van der Waals surface area contributed by atoms with Crippen LogP contribution < -0.4 is 10.1 Å². The predicted octanol–water partition coefficient (Wildman–Crippen LogP) is 4.23. The Labute approximate surface area is 211 Å². The fourth-order valence-electron chi connectivity index (χ4n) is 5.96. The molecule has 7 rings (SSSR count). The molecule has 0 unspecified atom stereocenters. The molecule has 35 heavy (non-hydrogen) atoms. The molecule has 176 valence electrons. The standard InChI is InChI=1S/C27H20Cl2N2O4/c1-35-20-13-7-6-12-19(20)30-21(32)14-31-24(33)22-23(25(31)34)27(29)16-9-3-2-8-15(16)26(22,28)17-10-4-5-11-18(17)27/h2-13,22-23H,14H2,1H3,(H,30,32)/t22-,23+,26?,27?. The first-order valence-corrected chi connectivity index (χ1v) is 11.9. The average Bonchev–Trinajstić information content (AvgIpc) is 3.13. The average molecular weight is 507 g/mol. The predicted molar refractivity (Wildman–Crippen MR) is 131 cm³/mol. The van der Waals surface area contributed by atoms with Gasteiger partial charge in [-0.25, -0.2) is 0 Å². The van der Waals surface area contributed by atoms with Crippen LogP contribution in [-0.2, 0) is 24.1 Å². The van der Waals surface area contributed by atoms with Gasteiger partial charge in [-0.2, -0.15) is 0 Å². The highest BCUT2D eigenvalue weighted by Gasteiger charge is 2.73. The molecule has 2 bridgehead atoms. The van der Waals surface area contributed by atoms with Crippen LogP contribution in [0.4, 0.5) is 5.69 Å². The number of hydrogen-bond acceptors (Lipinski definition) is 4. The number of hydrogen-bond donors (Lipinski definition) is 1. The Morgan fingerprint density at radius 3 is 1.71 bits per heavy atom. The van der Waals surface area contributed by atoms with Gasteiger partial charge in [-0.15, -0.1) is 23.2 Å². The highest BCUT2D eigenvalue weighted by Crippen LogP contribution is 2.69. The molecule has 3 aromatic rings. The summed E-state index contributed by atoms with van der Waals surface area (Å²) in [6.07, 6.45) is 0. The molecule has 6 nitrogen and oxygen atoms in total. The van der Waals surface area contributed by atoms with E-state index in [4.69, 9.17) is 27.9 Å². The van der Waals surface area contributed by atoms with E-state index in [1.807, 2.05) is 48.5 Å². The summed E-state index contributed by atoms with van der Waals surface area (Å²) < 4.78 is 5.27. The summed E-state index contributed by atoms with van der Waals surface area (Å²) in [7, 11) is 1.49. The number of carbonyl (C=O) groups excluding carboxylic acids is 3. The second-order valence-electron chi connectivity index (χ2n) is 8.98. The zero-order chi connectivity index (χ0) is 24.5. The summed E-state index contributed by atoms with van der Waals surface area (Å²) >= 11 is 14.8. The molecule has 3 aliphatic carbocycles. The molecule has 2 atom stereocenters. The zero-order valence-electron chi connectivity index (χ0n) is 18.6. The minimum absolute atomic E-state index is 0.444. The Balaban J connectivity index is 1.41. The molecule has 1 fully saturated rings. The lowest BCUT2D eigenvalue weighted by Crippen LogP contribution is -2.57. The van der Waals surface area contributed by atoms with E-state index < -0.39 is 45.9 Å². The largest absolute Gasteiger partial charge is 0.495 e. The van der Waals surface area contributed by atoms with Gasteiger partial charge in [0.25, 0.3) is 0 Å². The van der Waals surface area contributed by atoms with Crippen LogP contribution in [0.1, 0.15) is 22.3 Å². The van der Waals surface area contributed by atoms with Gasteiger partial charge in [0.1, 0.15) is 22.0 Å². The molecular formula is C27H20Cl2N2O4. The zero-order valence-corrected chi connectivity index (χ0v) is 20.1. The highest BCUT2D eigenvalue weighted by atomic mass is 35.5. The molecule has 3 amide bonds. The van der Waals surface area contributed by atoms with Crippen LogP contribution in [0.25, 0.3) is 0 Å². The maximum absolute atomic E-state index is 13.8. The van der Waals surface area contributed by atoms with Crippen LogP contribution in [0.3, 0.4) is 0 Å². The molecule has 0 aromatic heterocycles. The van der Waals surface area contributed by atoms with Crippen molar-refractivity contribution in [3.8, 4) is 5.75 Å². The third kappa shape index (κ3) is 2.75. The van der Waals surface area contributed by atoms with E-state index in [9.17, 15) is 14.4 Å². The van der Waals surface area contributed by atoms with Crippen molar-refractivity contribution in [1.82, 2.24) is 4.90 Å². The minimum atomic E-state index is -1.27. The van der Waals surface area contributed by atoms with E-state index in [1.54, 1.807) is 24.3 Å². The number of nitrogens with one attached hydrogen (secondary N) is 1. The van der Waals surface area contributed by atoms with Crippen LogP contribution in [0.5, 0.6) is 5.75 Å². The Morgan fingerprint density at radius 1 is 0.829 bits per heavy atom. The lowest BCUT2D eigenvalue weighted by molar-refractivity contribution is -0.142. The lowest BCUT2D eigenvalue weighted by Gasteiger charge is -2.54. The second kappa shape index (κ2) is 7.57. The van der Waals surface area contributed by atoms with E-state index in [-0.39, 0.29) is 0 Å². The van der Waals surface area contributed by atoms with E-state index in [0.717, 1.165) is 27.2 Å². The fourth-order valence-corrected chi connectivity index (χ4v) is 7.06. The Morgan fingerprint density at radius 2 is 1.26 bits per heavy atom. The van der Waals surface area contributed by atoms with Crippen LogP contribution in [0.2, 0.25) is 0 Å². The molecule has 1 saturated heterocycles. The first-order chi connectivity index (χ1) is 16.8. The lowest BCUT2D eigenvalue weighted by atomic mass is 9.54. The maximum atomic E-state index is 13.8. The fraction of sp³-hybridized carbons (Fsp3) is 0.222. The van der Waals surface area contributed by atoms with Gasteiger partial charge in [0.05, 0.1) is 24.6 Å². The van der Waals surface area contributed by atoms with Crippen molar-refractivity contribution in [2.45, 2.75) is 9.75 Å². The normalized spacial score (nSPS) is 27.8. The smallest absolute Gasteiger partial charge is 0.244 e. The van der Waals surface area contributed by atoms with Crippen LogP contribution in [-0.4, -0.2) is 36.3 Å². The van der Waals surface area contributed by atoms with Crippen molar-refractivity contribution < 1.29 is 19.1 Å². The van der Waals surface area contributed by atoms with Crippen LogP contribution >= 0.6 is 23.2 Å². The number of likely N-dealkylation sites (tertiary alicyclic amines) is 1. The molecule has 8 heteroatoms. The molecule has 1 heterocycles. The number of imide groups is 1. The second-order valence-corrected chi connectivity index (χ2v) is 10.2. The summed E-state index contributed by atoms with van der Waals surface area (Å²) in [5.74, 6) is -2.92. The monoisotopic (exact) mass is 506 g/mol. The number of para-hydroxylation sites is 2. The number of alkyl halides is 2. The van der Waals surface area contributed by atoms with Gasteiger partial charge in [-0.05, 0) is 34.4 Å². The summed E-state index contributed by atoms with van der Waals surface area (Å²) in [4.78, 5) is 38.9. The molecule has 1 aliphatic heterocycles. The van der Waals surface area contributed by atoms with Gasteiger partial charge >= 0.3 is 0 Å². The number of carbonyl (C=O) groups is 3. The number of methoxy groups -OCH3 is 1. The molecular weight excluding hydrogens is 487 g/mol. The number of ether oxygens (including phenoxy) is 1. The Kier molecular flexibility index (Phi) is 4.79. The number of anilines is 1. The van der Waals surface area contributed by atoms with Gasteiger partial charge in [-0.3, -0.25) is 19.3 Å². The quantitative estimate of drug-likeness (QED) is 0.424. The van der Waals surface area contributed by atoms with Crippen molar-refractivity contribution >= 4 is 46.6 Å². The Bertz CT molecular complexity index is 1300. The summed E-state index contributed by atoms with van der Waals surface area (Å²) in [5, 5.41) is 2.73. The van der Waals surface area contributed by atoms with Gasteiger partial charge in [0.2, 0.25) is 17.7 Å². The summed E-state index contributed by atoms with van der Waals surface area (Å²) in [5.41, 5.74) is 3.33. The van der Waals surface area contributed by atoms with Crippen molar-refractivity contribution in [3.63, 3.8) is 0 Å². The summed E-state index contributed by atoms with van der Waals surface area (Å²) in [6.45, 7) is -0.449. The van der Waals surface area contributed by atoms with Gasteiger partial charge in [-0.1, -0.05) is 60.7 Å². The third-order valence-electron chi connectivity index (χ3n) is 7.36. The maximum Gasteiger partial charge on any atom is 0.244 e. The van der Waals surface area contributed by atoms with Gasteiger partial charge in [0, 0.05) is 0 Å². The van der Waals surface area contributed by atoms with E-state index in [2.05, 4.69) is 5.32 Å². The number of rotatable bonds is 4. The minimum Gasteiger partial charge on any atom is -0.495 e. The van der Waals surface area contributed by atoms with Crippen molar-refractivity contribution in [3.05, 3.63) is 95.1 Å². The summed E-state index contributed by atoms with van der Waals surface area (Å²) in [6, 6.07) is 21.7. The third-order valence-corrected chi connectivity index (χ3v) is 8.64. The SMILES string of the molecule is COc1ccccc1NC(=O)CN1C(=O)[C@@H]2[C@H](C1=O)C1(Cl)c3ccccc3C2(Cl)c2ccccc21. The molecule has 0 saturated carbocycles. The van der Waals surface area contributed by atoms with Crippen LogP contribution in [0, 0.1) is 11.8 Å². The number of benzene rings is 3. The molecule has 0 spiro atoms. The van der Waals surface area contributed by atoms with E-state index in [1.165, 1.54) is 7.11 Å². The first kappa shape index (κ1) is 22.1. The molecule has 3 aromatic carbocycles. The van der Waals surface area contributed by atoms with Gasteiger partial charge in [0.15, 0.2) is 0 Å². The number of halogens is 2. The number of amides is 3. The Hall–Kier alpha value is -3.35. The van der Waals surface area contributed by atoms with Crippen molar-refractivity contribution in [2.75, 3.05) is 19.0 Å². The van der Waals surface area contributed by atoms with Crippen LogP contribution in [0.15, 0.2) is 72.8 Å². The van der Waals surface area contributed by atoms with Gasteiger partial charge < -0.3 is 10.1 Å². The number of nitrogens with zero attached hydrogens (tertiary/aromatic N) is 1.